The number of rotatable bonds is 6. The number of benzene rings is 2. The molecule has 0 spiro atoms. The van der Waals surface area contributed by atoms with E-state index < -0.39 is 6.04 Å². The van der Waals surface area contributed by atoms with Gasteiger partial charge in [0.1, 0.15) is 0 Å². The molecule has 1 amide bonds. The van der Waals surface area contributed by atoms with Crippen molar-refractivity contribution in [2.45, 2.75) is 25.9 Å². The maximum absolute atomic E-state index is 12.6. The van der Waals surface area contributed by atoms with Crippen LogP contribution in [0.2, 0.25) is 0 Å². The lowest BCUT2D eigenvalue weighted by atomic mass is 10.0. The average Bonchev–Trinajstić information content (AvgIpc) is 3.21. The fourth-order valence-corrected chi connectivity index (χ4v) is 3.61. The predicted molar refractivity (Wildman–Crippen MR) is 110 cm³/mol. The van der Waals surface area contributed by atoms with E-state index in [1.807, 2.05) is 18.4 Å². The summed E-state index contributed by atoms with van der Waals surface area (Å²) in [7, 11) is 0. The molecule has 0 aliphatic rings. The van der Waals surface area contributed by atoms with E-state index in [0.29, 0.717) is 11.3 Å². The Bertz CT molecular complexity index is 942. The van der Waals surface area contributed by atoms with Crippen LogP contribution in [0.4, 0.5) is 5.69 Å². The van der Waals surface area contributed by atoms with Crippen LogP contribution >= 0.6 is 11.3 Å². The van der Waals surface area contributed by atoms with Crippen molar-refractivity contribution in [1.82, 2.24) is 5.32 Å². The van der Waals surface area contributed by atoms with E-state index in [1.165, 1.54) is 5.56 Å². The van der Waals surface area contributed by atoms with E-state index in [1.54, 1.807) is 35.6 Å². The number of hydrogen-bond acceptors (Lipinski definition) is 4. The topological polar surface area (TPSA) is 64.9 Å². The van der Waals surface area contributed by atoms with Crippen molar-refractivity contribution < 1.29 is 4.79 Å². The van der Waals surface area contributed by atoms with Crippen LogP contribution < -0.4 is 10.6 Å². The molecule has 2 N–H and O–H groups in total. The maximum atomic E-state index is 12.6. The van der Waals surface area contributed by atoms with Crippen molar-refractivity contribution in [3.05, 3.63) is 87.6 Å². The van der Waals surface area contributed by atoms with E-state index in [4.69, 9.17) is 5.26 Å². The van der Waals surface area contributed by atoms with E-state index in [9.17, 15) is 4.79 Å². The van der Waals surface area contributed by atoms with Gasteiger partial charge in [0.25, 0.3) is 0 Å². The van der Waals surface area contributed by atoms with E-state index in [-0.39, 0.29) is 11.9 Å². The third kappa shape index (κ3) is 4.82. The quantitative estimate of drug-likeness (QED) is 0.660. The second-order valence-corrected chi connectivity index (χ2v) is 7.41. The number of nitriles is 1. The van der Waals surface area contributed by atoms with Crippen LogP contribution in [0.5, 0.6) is 0 Å². The molecule has 0 unspecified atom stereocenters. The lowest BCUT2D eigenvalue weighted by molar-refractivity contribution is -0.117. The minimum Gasteiger partial charge on any atom is -0.325 e. The molecule has 0 aliphatic heterocycles. The van der Waals surface area contributed by atoms with Crippen molar-refractivity contribution in [2.24, 2.45) is 0 Å². The normalized spacial score (nSPS) is 12.8. The van der Waals surface area contributed by atoms with Gasteiger partial charge < -0.3 is 5.32 Å². The minimum atomic E-state index is -0.413. The molecule has 0 bridgehead atoms. The van der Waals surface area contributed by atoms with Gasteiger partial charge in [-0.25, -0.2) is 0 Å². The van der Waals surface area contributed by atoms with Gasteiger partial charge in [-0.15, -0.1) is 11.3 Å². The van der Waals surface area contributed by atoms with Crippen LogP contribution in [0, 0.1) is 18.3 Å². The summed E-state index contributed by atoms with van der Waals surface area (Å²) in [6.07, 6.45) is 0. The Kier molecular flexibility index (Phi) is 6.02. The highest BCUT2D eigenvalue weighted by Crippen LogP contribution is 2.27. The predicted octanol–water partition coefficient (Wildman–Crippen LogP) is 4.63. The lowest BCUT2D eigenvalue weighted by Gasteiger charge is -2.23. The highest BCUT2D eigenvalue weighted by molar-refractivity contribution is 7.10. The zero-order valence-electron chi connectivity index (χ0n) is 15.3. The molecule has 5 heteroatoms. The highest BCUT2D eigenvalue weighted by atomic mass is 32.1. The fourth-order valence-electron chi connectivity index (χ4n) is 2.80. The third-order valence-electron chi connectivity index (χ3n) is 4.31. The van der Waals surface area contributed by atoms with Crippen LogP contribution in [0.15, 0.2) is 66.0 Å². The van der Waals surface area contributed by atoms with Crippen molar-refractivity contribution in [3.8, 4) is 6.07 Å². The first-order valence-corrected chi connectivity index (χ1v) is 9.62. The molecule has 3 aromatic rings. The molecule has 1 aromatic heterocycles. The summed E-state index contributed by atoms with van der Waals surface area (Å²) in [5.74, 6) is -0.140. The van der Waals surface area contributed by atoms with E-state index in [0.717, 1.165) is 10.4 Å². The first-order valence-electron chi connectivity index (χ1n) is 8.74. The number of thiophene rings is 1. The minimum absolute atomic E-state index is 0.0585. The van der Waals surface area contributed by atoms with Crippen molar-refractivity contribution >= 4 is 22.9 Å². The zero-order valence-corrected chi connectivity index (χ0v) is 16.1. The number of amides is 1. The van der Waals surface area contributed by atoms with Crippen LogP contribution in [-0.4, -0.2) is 11.9 Å². The van der Waals surface area contributed by atoms with Gasteiger partial charge >= 0.3 is 0 Å². The summed E-state index contributed by atoms with van der Waals surface area (Å²) in [6.45, 7) is 3.90. The van der Waals surface area contributed by atoms with Gasteiger partial charge in [0.15, 0.2) is 0 Å². The third-order valence-corrected chi connectivity index (χ3v) is 5.24. The van der Waals surface area contributed by atoms with Gasteiger partial charge in [-0.2, -0.15) is 5.26 Å². The largest absolute Gasteiger partial charge is 0.325 e. The number of carbonyl (C=O) groups excluding carboxylic acids is 1. The Labute approximate surface area is 163 Å². The van der Waals surface area contributed by atoms with Crippen LogP contribution in [0.3, 0.4) is 0 Å². The van der Waals surface area contributed by atoms with E-state index in [2.05, 4.69) is 54.0 Å². The summed E-state index contributed by atoms with van der Waals surface area (Å²) in [5.41, 5.74) is 3.46. The number of anilines is 1. The smallest absolute Gasteiger partial charge is 0.241 e. The Morgan fingerprint density at radius 3 is 2.56 bits per heavy atom. The summed E-state index contributed by atoms with van der Waals surface area (Å²) in [4.78, 5) is 13.8. The Hall–Kier alpha value is -2.94. The molecule has 2 aromatic carbocycles. The molecule has 3 rings (SSSR count). The molecule has 1 heterocycles. The van der Waals surface area contributed by atoms with Crippen molar-refractivity contribution in [2.75, 3.05) is 5.32 Å². The summed E-state index contributed by atoms with van der Waals surface area (Å²) >= 11 is 1.66. The first kappa shape index (κ1) is 18.8. The monoisotopic (exact) mass is 375 g/mol. The summed E-state index contributed by atoms with van der Waals surface area (Å²) < 4.78 is 0. The van der Waals surface area contributed by atoms with Crippen LogP contribution in [-0.2, 0) is 4.79 Å². The number of nitrogens with zero attached hydrogens (tertiary/aromatic N) is 1. The summed E-state index contributed by atoms with van der Waals surface area (Å²) in [6, 6.07) is 21.0. The van der Waals surface area contributed by atoms with Gasteiger partial charge in [0.05, 0.1) is 23.7 Å². The molecular formula is C22H21N3OS. The number of hydrogen-bond donors (Lipinski definition) is 2. The molecule has 136 valence electrons. The number of nitrogens with one attached hydrogen (secondary N) is 2. The standard InChI is InChI=1S/C22H21N3OS/c1-15-8-10-18(11-9-15)21(20-7-4-12-27-20)24-16(2)22(26)25-19-6-3-5-17(13-19)14-23/h3-13,16,21,24H,1-2H3,(H,25,26)/t16-,21+/m0/s1. The van der Waals surface area contributed by atoms with Crippen molar-refractivity contribution in [3.63, 3.8) is 0 Å². The molecule has 0 aliphatic carbocycles. The lowest BCUT2D eigenvalue weighted by Crippen LogP contribution is -2.40. The Balaban J connectivity index is 1.75. The number of carbonyl (C=O) groups is 1. The first-order chi connectivity index (χ1) is 13.1. The second-order valence-electron chi connectivity index (χ2n) is 6.43. The van der Waals surface area contributed by atoms with Crippen molar-refractivity contribution in [1.29, 1.82) is 5.26 Å². The van der Waals surface area contributed by atoms with Gasteiger partial charge in [-0.05, 0) is 49.1 Å². The van der Waals surface area contributed by atoms with Gasteiger partial charge in [0, 0.05) is 10.6 Å². The molecule has 27 heavy (non-hydrogen) atoms. The van der Waals surface area contributed by atoms with Crippen LogP contribution in [0.25, 0.3) is 0 Å². The average molecular weight is 375 g/mol. The molecular weight excluding hydrogens is 354 g/mol. The fraction of sp³-hybridized carbons (Fsp3) is 0.182. The van der Waals surface area contributed by atoms with Gasteiger partial charge in [-0.1, -0.05) is 42.0 Å². The maximum Gasteiger partial charge on any atom is 0.241 e. The molecule has 0 fully saturated rings. The SMILES string of the molecule is Cc1ccc([C@@H](N[C@@H](C)C(=O)Nc2cccc(C#N)c2)c2cccs2)cc1. The van der Waals surface area contributed by atoms with E-state index >= 15 is 0 Å². The second kappa shape index (κ2) is 8.63. The summed E-state index contributed by atoms with van der Waals surface area (Å²) in [5, 5.41) is 17.4. The molecule has 0 saturated carbocycles. The molecule has 0 saturated heterocycles. The van der Waals surface area contributed by atoms with Crippen LogP contribution in [0.1, 0.15) is 34.5 Å². The molecule has 0 radical (unpaired) electrons. The molecule has 4 nitrogen and oxygen atoms in total. The Morgan fingerprint density at radius 1 is 1.11 bits per heavy atom. The van der Waals surface area contributed by atoms with Gasteiger partial charge in [0.2, 0.25) is 5.91 Å². The van der Waals surface area contributed by atoms with Gasteiger partial charge in [-0.3, -0.25) is 10.1 Å². The molecule has 2 atom stereocenters. The highest BCUT2D eigenvalue weighted by Gasteiger charge is 2.21. The number of aryl methyl sites for hydroxylation is 1. The Morgan fingerprint density at radius 2 is 1.89 bits per heavy atom. The zero-order chi connectivity index (χ0) is 19.2.